The first-order chi connectivity index (χ1) is 11.9. The highest BCUT2D eigenvalue weighted by Gasteiger charge is 2.28. The Morgan fingerprint density at radius 1 is 1.24 bits per heavy atom. The summed E-state index contributed by atoms with van der Waals surface area (Å²) in [5.74, 6) is -0.135. The van der Waals surface area contributed by atoms with Gasteiger partial charge >= 0.3 is 0 Å². The van der Waals surface area contributed by atoms with E-state index in [4.69, 9.17) is 4.74 Å². The van der Waals surface area contributed by atoms with E-state index in [1.807, 2.05) is 6.92 Å². The number of phenolic OH excluding ortho intramolecular Hbond substituents is 3. The Hall–Kier alpha value is -3.21. The van der Waals surface area contributed by atoms with Crippen LogP contribution in [0.2, 0.25) is 0 Å². The highest BCUT2D eigenvalue weighted by molar-refractivity contribution is 6.09. The second-order valence-corrected chi connectivity index (χ2v) is 6.04. The summed E-state index contributed by atoms with van der Waals surface area (Å²) >= 11 is 0. The van der Waals surface area contributed by atoms with Gasteiger partial charge in [0.1, 0.15) is 29.1 Å². The molecule has 0 bridgehead atoms. The fourth-order valence-corrected chi connectivity index (χ4v) is 2.71. The van der Waals surface area contributed by atoms with Crippen LogP contribution in [0.25, 0.3) is 6.08 Å². The van der Waals surface area contributed by atoms with Crippen LogP contribution in [-0.2, 0) is 6.42 Å². The number of carbonyl (C=O) groups is 1. The zero-order valence-electron chi connectivity index (χ0n) is 13.7. The molecule has 1 atom stereocenters. The molecule has 25 heavy (non-hydrogen) atoms. The Bertz CT molecular complexity index is 895. The summed E-state index contributed by atoms with van der Waals surface area (Å²) in [7, 11) is 0. The number of fused-ring (bicyclic) bond motifs is 1. The van der Waals surface area contributed by atoms with E-state index in [-0.39, 0.29) is 28.9 Å². The van der Waals surface area contributed by atoms with E-state index >= 15 is 0 Å². The molecule has 1 aliphatic rings. The molecule has 5 heteroatoms. The molecule has 0 aliphatic carbocycles. The van der Waals surface area contributed by atoms with Gasteiger partial charge in [0.15, 0.2) is 5.78 Å². The highest BCUT2D eigenvalue weighted by atomic mass is 16.5. The summed E-state index contributed by atoms with van der Waals surface area (Å²) < 4.78 is 5.69. The number of carbonyl (C=O) groups excluding carboxylic acids is 1. The fourth-order valence-electron chi connectivity index (χ4n) is 2.71. The van der Waals surface area contributed by atoms with Crippen molar-refractivity contribution >= 4 is 11.9 Å². The molecule has 0 radical (unpaired) electrons. The normalized spacial score (nSPS) is 15.8. The number of ether oxygens (including phenoxy) is 1. The number of benzene rings is 2. The van der Waals surface area contributed by atoms with Gasteiger partial charge in [-0.05, 0) is 48.9 Å². The first kappa shape index (κ1) is 16.6. The van der Waals surface area contributed by atoms with Gasteiger partial charge in [0.05, 0.1) is 5.56 Å². The van der Waals surface area contributed by atoms with Crippen LogP contribution in [0, 0.1) is 0 Å². The van der Waals surface area contributed by atoms with E-state index in [0.29, 0.717) is 23.3 Å². The predicted octanol–water partition coefficient (Wildman–Crippen LogP) is 3.58. The topological polar surface area (TPSA) is 87.0 Å². The molecule has 0 spiro atoms. The summed E-state index contributed by atoms with van der Waals surface area (Å²) in [6, 6.07) is 7.26. The van der Waals surface area contributed by atoms with Crippen molar-refractivity contribution in [3.05, 3.63) is 65.3 Å². The van der Waals surface area contributed by atoms with Gasteiger partial charge in [-0.25, -0.2) is 0 Å². The van der Waals surface area contributed by atoms with Crippen LogP contribution in [0.5, 0.6) is 23.0 Å². The summed E-state index contributed by atoms with van der Waals surface area (Å²) in [5.41, 5.74) is 2.00. The molecular weight excluding hydrogens is 320 g/mol. The van der Waals surface area contributed by atoms with Crippen molar-refractivity contribution in [2.75, 3.05) is 0 Å². The van der Waals surface area contributed by atoms with E-state index < -0.39 is 5.78 Å². The van der Waals surface area contributed by atoms with E-state index in [1.165, 1.54) is 36.4 Å². The van der Waals surface area contributed by atoms with Gasteiger partial charge in [0.2, 0.25) is 0 Å². The Morgan fingerprint density at radius 3 is 2.68 bits per heavy atom. The van der Waals surface area contributed by atoms with Gasteiger partial charge in [-0.1, -0.05) is 6.58 Å². The van der Waals surface area contributed by atoms with Crippen molar-refractivity contribution in [3.8, 4) is 23.0 Å². The number of hydrogen-bond donors (Lipinski definition) is 3. The molecule has 2 aromatic rings. The summed E-state index contributed by atoms with van der Waals surface area (Å²) in [5, 5.41) is 29.4. The molecule has 0 amide bonds. The zero-order chi connectivity index (χ0) is 18.1. The average Bonchev–Trinajstić information content (AvgIpc) is 2.99. The lowest BCUT2D eigenvalue weighted by atomic mass is 10.00. The van der Waals surface area contributed by atoms with Gasteiger partial charge in [-0.2, -0.15) is 0 Å². The Morgan fingerprint density at radius 2 is 2.00 bits per heavy atom. The smallest absolute Gasteiger partial charge is 0.189 e. The van der Waals surface area contributed by atoms with Crippen LogP contribution in [0.3, 0.4) is 0 Å². The molecule has 1 heterocycles. The maximum Gasteiger partial charge on any atom is 0.189 e. The fraction of sp³-hybridized carbons (Fsp3) is 0.150. The van der Waals surface area contributed by atoms with Crippen LogP contribution >= 0.6 is 0 Å². The van der Waals surface area contributed by atoms with Gasteiger partial charge in [0.25, 0.3) is 0 Å². The predicted molar refractivity (Wildman–Crippen MR) is 94.2 cm³/mol. The van der Waals surface area contributed by atoms with Gasteiger partial charge in [-0.3, -0.25) is 4.79 Å². The molecule has 0 saturated heterocycles. The minimum Gasteiger partial charge on any atom is -0.508 e. The Kier molecular flexibility index (Phi) is 4.23. The summed E-state index contributed by atoms with van der Waals surface area (Å²) in [6.45, 7) is 5.71. The number of allylic oxidation sites excluding steroid dienone is 1. The molecule has 2 aromatic carbocycles. The minimum absolute atomic E-state index is 0.0655. The first-order valence-electron chi connectivity index (χ1n) is 7.78. The maximum absolute atomic E-state index is 12.4. The number of aromatic hydroxyl groups is 3. The van der Waals surface area contributed by atoms with Crippen LogP contribution < -0.4 is 4.74 Å². The molecule has 1 unspecified atom stereocenters. The highest BCUT2D eigenvalue weighted by Crippen LogP contribution is 2.39. The summed E-state index contributed by atoms with van der Waals surface area (Å²) in [6.07, 6.45) is 2.96. The SMILES string of the molecule is C=C(C)C1Cc2c(ccc(C(=O)/C=C/c3ccc(O)cc3O)c2O)O1. The van der Waals surface area contributed by atoms with E-state index in [1.54, 1.807) is 6.07 Å². The number of rotatable bonds is 4. The van der Waals surface area contributed by atoms with Crippen LogP contribution in [0.4, 0.5) is 0 Å². The third-order valence-corrected chi connectivity index (χ3v) is 4.14. The maximum atomic E-state index is 12.4. The molecule has 5 nitrogen and oxygen atoms in total. The minimum atomic E-state index is -0.397. The van der Waals surface area contributed by atoms with Crippen molar-refractivity contribution < 1.29 is 24.9 Å². The lowest BCUT2D eigenvalue weighted by molar-refractivity contribution is 0.104. The molecule has 1 aliphatic heterocycles. The second kappa shape index (κ2) is 6.36. The van der Waals surface area contributed by atoms with Gasteiger partial charge in [0, 0.05) is 23.6 Å². The lowest BCUT2D eigenvalue weighted by Gasteiger charge is -2.08. The van der Waals surface area contributed by atoms with Crippen LogP contribution in [0.1, 0.15) is 28.4 Å². The van der Waals surface area contributed by atoms with E-state index in [0.717, 1.165) is 5.57 Å². The molecule has 128 valence electrons. The van der Waals surface area contributed by atoms with E-state index in [9.17, 15) is 20.1 Å². The summed E-state index contributed by atoms with van der Waals surface area (Å²) in [4.78, 5) is 12.4. The van der Waals surface area contributed by atoms with Crippen molar-refractivity contribution in [1.82, 2.24) is 0 Å². The third-order valence-electron chi connectivity index (χ3n) is 4.14. The Balaban J connectivity index is 1.86. The lowest BCUT2D eigenvalue weighted by Crippen LogP contribution is -2.13. The largest absolute Gasteiger partial charge is 0.508 e. The molecule has 3 N–H and O–H groups in total. The van der Waals surface area contributed by atoms with Crippen molar-refractivity contribution in [1.29, 1.82) is 0 Å². The quantitative estimate of drug-likeness (QED) is 0.451. The number of ketones is 1. The monoisotopic (exact) mass is 338 g/mol. The van der Waals surface area contributed by atoms with Crippen LogP contribution in [0.15, 0.2) is 48.6 Å². The number of phenols is 3. The molecule has 0 fully saturated rings. The van der Waals surface area contributed by atoms with E-state index in [2.05, 4.69) is 6.58 Å². The third kappa shape index (κ3) is 3.21. The van der Waals surface area contributed by atoms with Crippen LogP contribution in [-0.4, -0.2) is 27.2 Å². The molecule has 0 aromatic heterocycles. The molecular formula is C20H18O5. The standard InChI is InChI=1S/C20H18O5/c1-11(2)19-10-15-18(25-19)8-6-14(20(15)24)16(22)7-4-12-3-5-13(21)9-17(12)23/h3-9,19,21,23-24H,1,10H2,2H3/b7-4+. The second-order valence-electron chi connectivity index (χ2n) is 6.04. The zero-order valence-corrected chi connectivity index (χ0v) is 13.7. The average molecular weight is 338 g/mol. The Labute approximate surface area is 145 Å². The number of hydrogen-bond acceptors (Lipinski definition) is 5. The molecule has 0 saturated carbocycles. The van der Waals surface area contributed by atoms with Gasteiger partial charge < -0.3 is 20.1 Å². The molecule has 3 rings (SSSR count). The van der Waals surface area contributed by atoms with Crippen molar-refractivity contribution in [2.45, 2.75) is 19.4 Å². The first-order valence-corrected chi connectivity index (χ1v) is 7.78. The van der Waals surface area contributed by atoms with Crippen molar-refractivity contribution in [2.24, 2.45) is 0 Å². The van der Waals surface area contributed by atoms with Crippen molar-refractivity contribution in [3.63, 3.8) is 0 Å². The van der Waals surface area contributed by atoms with Gasteiger partial charge in [-0.15, -0.1) is 0 Å².